The maximum absolute atomic E-state index is 12.9. The molecule has 0 spiro atoms. The molecule has 0 saturated carbocycles. The van der Waals surface area contributed by atoms with Crippen molar-refractivity contribution in [3.63, 3.8) is 0 Å². The molecule has 37 heavy (non-hydrogen) atoms. The fourth-order valence-corrected chi connectivity index (χ4v) is 3.32. The number of aliphatic carboxylic acids is 1. The lowest BCUT2D eigenvalue weighted by molar-refractivity contribution is -0.143. The summed E-state index contributed by atoms with van der Waals surface area (Å²) < 4.78 is 0. The van der Waals surface area contributed by atoms with Gasteiger partial charge in [0.05, 0.1) is 18.9 Å². The topological polar surface area (TPSA) is 257 Å². The van der Waals surface area contributed by atoms with Crippen LogP contribution in [0.15, 0.2) is 24.3 Å². The fraction of sp³-hybridized carbons (Fsp3) is 0.478. The molecule has 0 bridgehead atoms. The SMILES string of the molecule is CC(C)CC(NC(=O)C(CC(N)=O)NC(=O)C(CC(N)=O)NC(=O)C(N)Cc1ccc(O)cc1)C(=O)O. The minimum atomic E-state index is -1.59. The first-order chi connectivity index (χ1) is 17.2. The highest BCUT2D eigenvalue weighted by atomic mass is 16.4. The van der Waals surface area contributed by atoms with Gasteiger partial charge >= 0.3 is 5.97 Å². The Balaban J connectivity index is 2.98. The van der Waals surface area contributed by atoms with Gasteiger partial charge in [0.15, 0.2) is 0 Å². The van der Waals surface area contributed by atoms with E-state index in [1.54, 1.807) is 26.0 Å². The summed E-state index contributed by atoms with van der Waals surface area (Å²) in [6.45, 7) is 3.49. The Morgan fingerprint density at radius 2 is 1.22 bits per heavy atom. The summed E-state index contributed by atoms with van der Waals surface area (Å²) in [4.78, 5) is 72.7. The highest BCUT2D eigenvalue weighted by Crippen LogP contribution is 2.11. The molecule has 0 fully saturated rings. The second kappa shape index (κ2) is 14.4. The Morgan fingerprint density at radius 3 is 1.62 bits per heavy atom. The summed E-state index contributed by atoms with van der Waals surface area (Å²) in [6.07, 6.45) is -1.21. The summed E-state index contributed by atoms with van der Waals surface area (Å²) >= 11 is 0. The minimum absolute atomic E-state index is 0.0217. The van der Waals surface area contributed by atoms with E-state index in [0.29, 0.717) is 5.56 Å². The van der Waals surface area contributed by atoms with Crippen LogP contribution < -0.4 is 33.2 Å². The number of carboxylic acids is 1. The zero-order valence-electron chi connectivity index (χ0n) is 20.6. The number of carbonyl (C=O) groups is 6. The number of hydrogen-bond acceptors (Lipinski definition) is 8. The number of carboxylic acid groups (broad SMARTS) is 1. The monoisotopic (exact) mass is 522 g/mol. The summed E-state index contributed by atoms with van der Waals surface area (Å²) in [6, 6.07) is 0.331. The third kappa shape index (κ3) is 11.4. The highest BCUT2D eigenvalue weighted by Gasteiger charge is 2.32. The molecule has 1 aromatic carbocycles. The molecule has 0 radical (unpaired) electrons. The first kappa shape index (κ1) is 30.8. The van der Waals surface area contributed by atoms with Gasteiger partial charge in [-0.25, -0.2) is 4.79 Å². The second-order valence-corrected chi connectivity index (χ2v) is 8.97. The molecule has 204 valence electrons. The molecule has 0 aliphatic carbocycles. The number of primary amides is 2. The summed E-state index contributed by atoms with van der Waals surface area (Å²) in [7, 11) is 0. The van der Waals surface area contributed by atoms with Crippen molar-refractivity contribution < 1.29 is 39.0 Å². The smallest absolute Gasteiger partial charge is 0.326 e. The van der Waals surface area contributed by atoms with Gasteiger partial charge < -0.3 is 43.4 Å². The highest BCUT2D eigenvalue weighted by molar-refractivity contribution is 5.97. The van der Waals surface area contributed by atoms with E-state index >= 15 is 0 Å². The molecule has 11 N–H and O–H groups in total. The van der Waals surface area contributed by atoms with Gasteiger partial charge in [0.2, 0.25) is 29.5 Å². The van der Waals surface area contributed by atoms with Crippen molar-refractivity contribution in [2.24, 2.45) is 23.1 Å². The Bertz CT molecular complexity index is 997. The Morgan fingerprint density at radius 1 is 0.784 bits per heavy atom. The number of phenolic OH excluding ortho intramolecular Hbond substituents is 1. The van der Waals surface area contributed by atoms with Crippen LogP contribution >= 0.6 is 0 Å². The van der Waals surface area contributed by atoms with Gasteiger partial charge in [0, 0.05) is 0 Å². The zero-order chi connectivity index (χ0) is 28.3. The first-order valence-electron chi connectivity index (χ1n) is 11.4. The van der Waals surface area contributed by atoms with Crippen LogP contribution in [0.4, 0.5) is 0 Å². The quantitative estimate of drug-likeness (QED) is 0.122. The van der Waals surface area contributed by atoms with Crippen LogP contribution in [0.3, 0.4) is 0 Å². The van der Waals surface area contributed by atoms with E-state index in [1.165, 1.54) is 12.1 Å². The number of aromatic hydroxyl groups is 1. The molecule has 1 aromatic rings. The third-order valence-electron chi connectivity index (χ3n) is 5.13. The molecule has 1 rings (SSSR count). The van der Waals surface area contributed by atoms with Gasteiger partial charge in [0.25, 0.3) is 0 Å². The second-order valence-electron chi connectivity index (χ2n) is 8.97. The molecule has 0 aliphatic rings. The van der Waals surface area contributed by atoms with E-state index < -0.39 is 72.5 Å². The van der Waals surface area contributed by atoms with Crippen LogP contribution in [-0.4, -0.2) is 69.9 Å². The molecular weight excluding hydrogens is 488 g/mol. The number of nitrogens with one attached hydrogen (secondary N) is 3. The largest absolute Gasteiger partial charge is 0.508 e. The number of carbonyl (C=O) groups excluding carboxylic acids is 5. The van der Waals surface area contributed by atoms with E-state index in [-0.39, 0.29) is 24.5 Å². The predicted octanol–water partition coefficient (Wildman–Crippen LogP) is -2.40. The van der Waals surface area contributed by atoms with Crippen molar-refractivity contribution in [1.29, 1.82) is 0 Å². The van der Waals surface area contributed by atoms with Crippen LogP contribution in [0.5, 0.6) is 5.75 Å². The van der Waals surface area contributed by atoms with Crippen LogP contribution in [0, 0.1) is 5.92 Å². The molecule has 14 nitrogen and oxygen atoms in total. The zero-order valence-corrected chi connectivity index (χ0v) is 20.6. The minimum Gasteiger partial charge on any atom is -0.508 e. The normalized spacial score (nSPS) is 14.1. The van der Waals surface area contributed by atoms with Gasteiger partial charge in [-0.05, 0) is 36.5 Å². The number of nitrogens with two attached hydrogens (primary N) is 3. The van der Waals surface area contributed by atoms with Crippen molar-refractivity contribution >= 4 is 35.5 Å². The summed E-state index contributed by atoms with van der Waals surface area (Å²) in [5, 5.41) is 25.5. The van der Waals surface area contributed by atoms with E-state index in [4.69, 9.17) is 17.2 Å². The Kier molecular flexibility index (Phi) is 12.0. The standard InChI is InChI=1S/C23H34N6O8/c1-11(2)7-17(23(36)37)29-22(35)16(10-19(26)32)28-21(34)15(9-18(25)31)27-20(33)14(24)8-12-3-5-13(30)6-4-12/h3-6,11,14-17,30H,7-10,24H2,1-2H3,(H2,25,31)(H2,26,32)(H,27,33)(H,28,34)(H,29,35)(H,36,37). The van der Waals surface area contributed by atoms with Gasteiger partial charge in [-0.2, -0.15) is 0 Å². The lowest BCUT2D eigenvalue weighted by Crippen LogP contribution is -2.58. The molecule has 5 amide bonds. The lowest BCUT2D eigenvalue weighted by Gasteiger charge is -2.24. The van der Waals surface area contributed by atoms with E-state index in [9.17, 15) is 39.0 Å². The molecule has 0 heterocycles. The summed E-state index contributed by atoms with van der Waals surface area (Å²) in [5.74, 6) is -6.15. The number of hydrogen-bond donors (Lipinski definition) is 8. The van der Waals surface area contributed by atoms with Gasteiger partial charge in [-0.15, -0.1) is 0 Å². The molecule has 14 heteroatoms. The third-order valence-corrected chi connectivity index (χ3v) is 5.13. The van der Waals surface area contributed by atoms with Gasteiger partial charge in [-0.3, -0.25) is 24.0 Å². The van der Waals surface area contributed by atoms with Crippen molar-refractivity contribution in [3.8, 4) is 5.75 Å². The number of amides is 5. The number of phenols is 1. The average Bonchev–Trinajstić information content (AvgIpc) is 2.78. The van der Waals surface area contributed by atoms with E-state index in [0.717, 1.165) is 0 Å². The van der Waals surface area contributed by atoms with Crippen LogP contribution in [0.2, 0.25) is 0 Å². The molecule has 0 aliphatic heterocycles. The van der Waals surface area contributed by atoms with Crippen LogP contribution in [0.1, 0.15) is 38.7 Å². The van der Waals surface area contributed by atoms with Crippen LogP contribution in [-0.2, 0) is 35.2 Å². The predicted molar refractivity (Wildman–Crippen MR) is 130 cm³/mol. The molecule has 0 aromatic heterocycles. The van der Waals surface area contributed by atoms with E-state index in [2.05, 4.69) is 16.0 Å². The van der Waals surface area contributed by atoms with Gasteiger partial charge in [-0.1, -0.05) is 26.0 Å². The fourth-order valence-electron chi connectivity index (χ4n) is 3.32. The Labute approximate surface area is 213 Å². The average molecular weight is 523 g/mol. The molecule has 0 saturated heterocycles. The van der Waals surface area contributed by atoms with Crippen molar-refractivity contribution in [3.05, 3.63) is 29.8 Å². The van der Waals surface area contributed by atoms with Crippen molar-refractivity contribution in [2.45, 2.75) is 63.7 Å². The Hall–Kier alpha value is -4.20. The van der Waals surface area contributed by atoms with Crippen molar-refractivity contribution in [2.75, 3.05) is 0 Å². The van der Waals surface area contributed by atoms with Crippen LogP contribution in [0.25, 0.3) is 0 Å². The van der Waals surface area contributed by atoms with Gasteiger partial charge in [0.1, 0.15) is 23.9 Å². The maximum atomic E-state index is 12.9. The van der Waals surface area contributed by atoms with Crippen molar-refractivity contribution in [1.82, 2.24) is 16.0 Å². The molecular formula is C23H34N6O8. The van der Waals surface area contributed by atoms with E-state index in [1.807, 2.05) is 0 Å². The number of rotatable bonds is 15. The summed E-state index contributed by atoms with van der Waals surface area (Å²) in [5.41, 5.74) is 16.9. The molecule has 4 atom stereocenters. The number of benzene rings is 1. The molecule has 4 unspecified atom stereocenters. The lowest BCUT2D eigenvalue weighted by atomic mass is 10.0. The first-order valence-corrected chi connectivity index (χ1v) is 11.4. The maximum Gasteiger partial charge on any atom is 0.326 e.